The number of benzene rings is 1. The maximum Gasteiger partial charge on any atom is 0.323 e. The molecule has 3 rings (SSSR count). The number of ether oxygens (including phenoxy) is 1. The number of carbonyl (C=O) groups excluding carboxylic acids is 2. The molecule has 5 heteroatoms. The predicted octanol–water partition coefficient (Wildman–Crippen LogP) is 2.28. The molecule has 0 aromatic heterocycles. The minimum absolute atomic E-state index is 0.00651. The standard InChI is InChI=1S/C20H28N2O3/c1-14-7-3-6-10-17(14)21-19(23)13-22-12-16-9-5-4-8-15(16)11-18(22)20(24)25-2/h4-5,8-9,14,17-18H,3,6-7,10-13H2,1-2H3,(H,21,23)/t14-,17-,18-/m1/s1. The van der Waals surface area contributed by atoms with Gasteiger partial charge in [-0.2, -0.15) is 0 Å². The Kier molecular flexibility index (Phi) is 5.74. The van der Waals surface area contributed by atoms with Crippen molar-refractivity contribution in [3.05, 3.63) is 35.4 Å². The summed E-state index contributed by atoms with van der Waals surface area (Å²) in [5.74, 6) is 0.261. The predicted molar refractivity (Wildman–Crippen MR) is 95.9 cm³/mol. The minimum Gasteiger partial charge on any atom is -0.468 e. The summed E-state index contributed by atoms with van der Waals surface area (Å²) in [7, 11) is 1.41. The van der Waals surface area contributed by atoms with Crippen molar-refractivity contribution in [1.82, 2.24) is 10.2 Å². The summed E-state index contributed by atoms with van der Waals surface area (Å²) in [6, 6.07) is 7.96. The fourth-order valence-electron chi connectivity index (χ4n) is 4.08. The molecule has 0 saturated heterocycles. The van der Waals surface area contributed by atoms with Gasteiger partial charge in [-0.3, -0.25) is 14.5 Å². The quantitative estimate of drug-likeness (QED) is 0.852. The van der Waals surface area contributed by atoms with E-state index in [2.05, 4.69) is 18.3 Å². The van der Waals surface area contributed by atoms with Crippen LogP contribution < -0.4 is 5.32 Å². The Morgan fingerprint density at radius 3 is 2.64 bits per heavy atom. The van der Waals surface area contributed by atoms with Crippen molar-refractivity contribution in [3.63, 3.8) is 0 Å². The van der Waals surface area contributed by atoms with Gasteiger partial charge < -0.3 is 10.1 Å². The van der Waals surface area contributed by atoms with Crippen LogP contribution >= 0.6 is 0 Å². The maximum atomic E-state index is 12.6. The molecule has 25 heavy (non-hydrogen) atoms. The summed E-state index contributed by atoms with van der Waals surface area (Å²) in [6.45, 7) is 3.04. The zero-order valence-corrected chi connectivity index (χ0v) is 15.2. The number of fused-ring (bicyclic) bond motifs is 1. The van der Waals surface area contributed by atoms with Crippen molar-refractivity contribution >= 4 is 11.9 Å². The van der Waals surface area contributed by atoms with E-state index in [4.69, 9.17) is 4.74 Å². The monoisotopic (exact) mass is 344 g/mol. The van der Waals surface area contributed by atoms with Gasteiger partial charge in [0, 0.05) is 12.6 Å². The summed E-state index contributed by atoms with van der Waals surface area (Å²) in [6.07, 6.45) is 5.25. The normalized spacial score (nSPS) is 26.6. The van der Waals surface area contributed by atoms with Crippen molar-refractivity contribution in [2.45, 2.75) is 57.7 Å². The summed E-state index contributed by atoms with van der Waals surface area (Å²) >= 11 is 0. The van der Waals surface area contributed by atoms with E-state index < -0.39 is 6.04 Å². The lowest BCUT2D eigenvalue weighted by Crippen LogP contribution is -2.52. The maximum absolute atomic E-state index is 12.6. The minimum atomic E-state index is -0.394. The number of amides is 1. The van der Waals surface area contributed by atoms with E-state index in [1.807, 2.05) is 23.1 Å². The van der Waals surface area contributed by atoms with Gasteiger partial charge in [0.1, 0.15) is 6.04 Å². The molecular formula is C20H28N2O3. The van der Waals surface area contributed by atoms with Crippen LogP contribution in [0.25, 0.3) is 0 Å². The summed E-state index contributed by atoms with van der Waals surface area (Å²) in [4.78, 5) is 26.7. The van der Waals surface area contributed by atoms with Gasteiger partial charge in [-0.25, -0.2) is 0 Å². The number of nitrogens with one attached hydrogen (secondary N) is 1. The van der Waals surface area contributed by atoms with E-state index >= 15 is 0 Å². The highest BCUT2D eigenvalue weighted by Gasteiger charge is 2.34. The van der Waals surface area contributed by atoms with E-state index in [1.165, 1.54) is 31.9 Å². The van der Waals surface area contributed by atoms with Crippen LogP contribution in [0.1, 0.15) is 43.7 Å². The molecule has 2 aliphatic rings. The highest BCUT2D eigenvalue weighted by molar-refractivity contribution is 5.81. The zero-order chi connectivity index (χ0) is 17.8. The molecule has 1 aliphatic heterocycles. The molecular weight excluding hydrogens is 316 g/mol. The zero-order valence-electron chi connectivity index (χ0n) is 15.2. The van der Waals surface area contributed by atoms with Crippen LogP contribution in [0.2, 0.25) is 0 Å². The van der Waals surface area contributed by atoms with Crippen molar-refractivity contribution in [3.8, 4) is 0 Å². The fourth-order valence-corrected chi connectivity index (χ4v) is 4.08. The molecule has 0 spiro atoms. The second kappa shape index (κ2) is 8.00. The highest BCUT2D eigenvalue weighted by Crippen LogP contribution is 2.25. The largest absolute Gasteiger partial charge is 0.468 e. The third kappa shape index (κ3) is 4.21. The van der Waals surface area contributed by atoms with Gasteiger partial charge in [-0.15, -0.1) is 0 Å². The van der Waals surface area contributed by atoms with Crippen LogP contribution in [-0.2, 0) is 27.3 Å². The Morgan fingerprint density at radius 2 is 1.92 bits per heavy atom. The van der Waals surface area contributed by atoms with Crippen LogP contribution in [0.5, 0.6) is 0 Å². The van der Waals surface area contributed by atoms with E-state index in [9.17, 15) is 9.59 Å². The van der Waals surface area contributed by atoms with Crippen molar-refractivity contribution < 1.29 is 14.3 Å². The molecule has 1 N–H and O–H groups in total. The molecule has 1 aromatic rings. The average molecular weight is 344 g/mol. The molecule has 136 valence electrons. The topological polar surface area (TPSA) is 58.6 Å². The first-order valence-corrected chi connectivity index (χ1v) is 9.26. The first-order chi connectivity index (χ1) is 12.1. The Balaban J connectivity index is 1.68. The molecule has 1 aromatic carbocycles. The van der Waals surface area contributed by atoms with Gasteiger partial charge >= 0.3 is 5.97 Å². The highest BCUT2D eigenvalue weighted by atomic mass is 16.5. The number of rotatable bonds is 4. The Hall–Kier alpha value is -1.88. The van der Waals surface area contributed by atoms with E-state index in [1.54, 1.807) is 0 Å². The second-order valence-corrected chi connectivity index (χ2v) is 7.35. The van der Waals surface area contributed by atoms with Gasteiger partial charge in [0.2, 0.25) is 5.91 Å². The van der Waals surface area contributed by atoms with Crippen LogP contribution in [0, 0.1) is 5.92 Å². The van der Waals surface area contributed by atoms with Crippen LogP contribution in [0.3, 0.4) is 0 Å². The molecule has 1 fully saturated rings. The number of esters is 1. The van der Waals surface area contributed by atoms with Crippen LogP contribution in [-0.4, -0.2) is 42.5 Å². The third-order valence-corrected chi connectivity index (χ3v) is 5.62. The third-order valence-electron chi connectivity index (χ3n) is 5.62. The first kappa shape index (κ1) is 17.9. The lowest BCUT2D eigenvalue weighted by atomic mass is 9.86. The number of hydrogen-bond acceptors (Lipinski definition) is 4. The molecule has 1 aliphatic carbocycles. The fraction of sp³-hybridized carbons (Fsp3) is 0.600. The van der Waals surface area contributed by atoms with Gasteiger partial charge in [-0.05, 0) is 36.3 Å². The number of methoxy groups -OCH3 is 1. The Bertz CT molecular complexity index is 631. The van der Waals surface area contributed by atoms with Crippen LogP contribution in [0.4, 0.5) is 0 Å². The van der Waals surface area contributed by atoms with Gasteiger partial charge in [-0.1, -0.05) is 44.0 Å². The summed E-state index contributed by atoms with van der Waals surface area (Å²) in [5.41, 5.74) is 2.34. The van der Waals surface area contributed by atoms with Crippen molar-refractivity contribution in [2.24, 2.45) is 5.92 Å². The van der Waals surface area contributed by atoms with Gasteiger partial charge in [0.05, 0.1) is 13.7 Å². The molecule has 1 heterocycles. The molecule has 1 amide bonds. The molecule has 0 bridgehead atoms. The molecule has 5 nitrogen and oxygen atoms in total. The molecule has 1 saturated carbocycles. The van der Waals surface area contributed by atoms with Crippen LogP contribution in [0.15, 0.2) is 24.3 Å². The number of hydrogen-bond donors (Lipinski definition) is 1. The average Bonchev–Trinajstić information content (AvgIpc) is 2.62. The smallest absolute Gasteiger partial charge is 0.323 e. The Morgan fingerprint density at radius 1 is 1.20 bits per heavy atom. The molecule has 0 unspecified atom stereocenters. The first-order valence-electron chi connectivity index (χ1n) is 9.26. The summed E-state index contributed by atoms with van der Waals surface area (Å²) in [5, 5.41) is 3.18. The molecule has 0 radical (unpaired) electrons. The number of nitrogens with zero attached hydrogens (tertiary/aromatic N) is 1. The van der Waals surface area contributed by atoms with E-state index in [0.717, 1.165) is 12.0 Å². The summed E-state index contributed by atoms with van der Waals surface area (Å²) < 4.78 is 4.97. The molecule has 3 atom stereocenters. The second-order valence-electron chi connectivity index (χ2n) is 7.35. The Labute approximate surface area is 149 Å². The van der Waals surface area contributed by atoms with Gasteiger partial charge in [0.15, 0.2) is 0 Å². The lowest BCUT2D eigenvalue weighted by Gasteiger charge is -2.35. The van der Waals surface area contributed by atoms with Crippen molar-refractivity contribution in [1.29, 1.82) is 0 Å². The SMILES string of the molecule is COC(=O)[C@H]1Cc2ccccc2CN1CC(=O)N[C@@H]1CCCC[C@H]1C. The number of carbonyl (C=O) groups is 2. The van der Waals surface area contributed by atoms with E-state index in [-0.39, 0.29) is 24.5 Å². The lowest BCUT2D eigenvalue weighted by molar-refractivity contribution is -0.148. The van der Waals surface area contributed by atoms with E-state index in [0.29, 0.717) is 18.9 Å². The van der Waals surface area contributed by atoms with Gasteiger partial charge in [0.25, 0.3) is 0 Å². The van der Waals surface area contributed by atoms with Crippen molar-refractivity contribution in [2.75, 3.05) is 13.7 Å².